The molecule has 1 unspecified atom stereocenters. The molecule has 18 heavy (non-hydrogen) atoms. The third-order valence-electron chi connectivity index (χ3n) is 4.28. The van der Waals surface area contributed by atoms with Gasteiger partial charge in [-0.25, -0.2) is 0 Å². The Kier molecular flexibility index (Phi) is 4.05. The fraction of sp³-hybridized carbons (Fsp3) is 0.857. The Morgan fingerprint density at radius 2 is 2.06 bits per heavy atom. The largest absolute Gasteiger partial charge is 0.327 e. The highest BCUT2D eigenvalue weighted by Gasteiger charge is 2.39. The summed E-state index contributed by atoms with van der Waals surface area (Å²) in [5, 5.41) is 8.16. The molecule has 4 nitrogen and oxygen atoms in total. The molecule has 1 atom stereocenters. The SMILES string of the molecule is CC(C)CC1(C(N)Cc2cn(C)nn2)CCCC1. The maximum Gasteiger partial charge on any atom is 0.0842 e. The zero-order chi connectivity index (χ0) is 13.2. The molecule has 0 bridgehead atoms. The molecular weight excluding hydrogens is 224 g/mol. The van der Waals surface area contributed by atoms with Gasteiger partial charge in [-0.1, -0.05) is 31.9 Å². The third kappa shape index (κ3) is 2.91. The van der Waals surface area contributed by atoms with E-state index in [1.165, 1.54) is 32.1 Å². The van der Waals surface area contributed by atoms with Crippen molar-refractivity contribution >= 4 is 0 Å². The number of rotatable bonds is 5. The maximum atomic E-state index is 6.53. The molecule has 102 valence electrons. The van der Waals surface area contributed by atoms with Crippen LogP contribution in [0.2, 0.25) is 0 Å². The molecule has 0 aromatic carbocycles. The number of nitrogens with zero attached hydrogens (tertiary/aromatic N) is 3. The van der Waals surface area contributed by atoms with E-state index in [2.05, 4.69) is 24.2 Å². The molecule has 4 heteroatoms. The predicted octanol–water partition coefficient (Wildman–Crippen LogP) is 2.29. The van der Waals surface area contributed by atoms with Gasteiger partial charge in [0.2, 0.25) is 0 Å². The minimum atomic E-state index is 0.221. The maximum absolute atomic E-state index is 6.53. The highest BCUT2D eigenvalue weighted by molar-refractivity contribution is 5.02. The van der Waals surface area contributed by atoms with E-state index < -0.39 is 0 Å². The molecule has 1 saturated carbocycles. The van der Waals surface area contributed by atoms with Gasteiger partial charge >= 0.3 is 0 Å². The van der Waals surface area contributed by atoms with E-state index in [0.717, 1.165) is 18.0 Å². The number of nitrogens with two attached hydrogens (primary N) is 1. The first-order chi connectivity index (χ1) is 8.52. The normalized spacial score (nSPS) is 20.5. The molecule has 0 saturated heterocycles. The van der Waals surface area contributed by atoms with Crippen LogP contribution in [-0.2, 0) is 13.5 Å². The second-order valence-electron chi connectivity index (χ2n) is 6.36. The average molecular weight is 250 g/mol. The van der Waals surface area contributed by atoms with Crippen molar-refractivity contribution in [3.8, 4) is 0 Å². The van der Waals surface area contributed by atoms with Gasteiger partial charge in [0.1, 0.15) is 0 Å². The summed E-state index contributed by atoms with van der Waals surface area (Å²) in [6.07, 6.45) is 9.33. The van der Waals surface area contributed by atoms with Crippen molar-refractivity contribution in [3.63, 3.8) is 0 Å². The number of hydrogen-bond acceptors (Lipinski definition) is 3. The Hall–Kier alpha value is -0.900. The van der Waals surface area contributed by atoms with Crippen LogP contribution in [0.15, 0.2) is 6.20 Å². The van der Waals surface area contributed by atoms with Crippen molar-refractivity contribution in [2.24, 2.45) is 24.1 Å². The summed E-state index contributed by atoms with van der Waals surface area (Å²) in [5.74, 6) is 0.719. The molecule has 1 aromatic rings. The van der Waals surface area contributed by atoms with E-state index in [1.807, 2.05) is 13.2 Å². The van der Waals surface area contributed by atoms with Crippen LogP contribution in [0.1, 0.15) is 51.6 Å². The third-order valence-corrected chi connectivity index (χ3v) is 4.28. The Balaban J connectivity index is 2.06. The van der Waals surface area contributed by atoms with Gasteiger partial charge in [0, 0.05) is 25.7 Å². The van der Waals surface area contributed by atoms with E-state index >= 15 is 0 Å². The summed E-state index contributed by atoms with van der Waals surface area (Å²) < 4.78 is 1.76. The van der Waals surface area contributed by atoms with Gasteiger partial charge in [-0.2, -0.15) is 0 Å². The lowest BCUT2D eigenvalue weighted by Crippen LogP contribution is -2.42. The first kappa shape index (κ1) is 13.5. The molecule has 0 spiro atoms. The molecular formula is C14H26N4. The molecule has 1 aromatic heterocycles. The van der Waals surface area contributed by atoms with E-state index in [9.17, 15) is 0 Å². The Morgan fingerprint density at radius 3 is 2.56 bits per heavy atom. The summed E-state index contributed by atoms with van der Waals surface area (Å²) >= 11 is 0. The van der Waals surface area contributed by atoms with Crippen molar-refractivity contribution in [2.75, 3.05) is 0 Å². The van der Waals surface area contributed by atoms with Gasteiger partial charge in [0.25, 0.3) is 0 Å². The minimum Gasteiger partial charge on any atom is -0.327 e. The summed E-state index contributed by atoms with van der Waals surface area (Å²) in [5.41, 5.74) is 7.89. The van der Waals surface area contributed by atoms with Crippen molar-refractivity contribution in [3.05, 3.63) is 11.9 Å². The fourth-order valence-corrected chi connectivity index (χ4v) is 3.55. The van der Waals surface area contributed by atoms with Crippen LogP contribution in [0.4, 0.5) is 0 Å². The fourth-order valence-electron chi connectivity index (χ4n) is 3.55. The zero-order valence-corrected chi connectivity index (χ0v) is 11.9. The van der Waals surface area contributed by atoms with Crippen LogP contribution in [0.3, 0.4) is 0 Å². The number of hydrogen-bond donors (Lipinski definition) is 1. The van der Waals surface area contributed by atoms with Gasteiger partial charge < -0.3 is 5.73 Å². The van der Waals surface area contributed by atoms with E-state index in [1.54, 1.807) is 4.68 Å². The molecule has 1 heterocycles. The van der Waals surface area contributed by atoms with Crippen LogP contribution in [0.5, 0.6) is 0 Å². The van der Waals surface area contributed by atoms with Crippen molar-refractivity contribution in [1.82, 2.24) is 15.0 Å². The summed E-state index contributed by atoms with van der Waals surface area (Å²) in [6, 6.07) is 0.221. The van der Waals surface area contributed by atoms with E-state index in [-0.39, 0.29) is 6.04 Å². The smallest absolute Gasteiger partial charge is 0.0842 e. The molecule has 2 rings (SSSR count). The first-order valence-electron chi connectivity index (χ1n) is 7.13. The lowest BCUT2D eigenvalue weighted by molar-refractivity contribution is 0.181. The lowest BCUT2D eigenvalue weighted by Gasteiger charge is -2.36. The molecule has 2 N–H and O–H groups in total. The standard InChI is InChI=1S/C14H26N4/c1-11(2)9-14(6-4-5-7-14)13(15)8-12-10-18(3)17-16-12/h10-11,13H,4-9,15H2,1-3H3. The van der Waals surface area contributed by atoms with E-state index in [4.69, 9.17) is 5.73 Å². The number of aryl methyl sites for hydroxylation is 1. The number of aromatic nitrogens is 3. The van der Waals surface area contributed by atoms with Crippen LogP contribution in [0.25, 0.3) is 0 Å². The molecule has 0 amide bonds. The Labute approximate surface area is 110 Å². The average Bonchev–Trinajstić information content (AvgIpc) is 2.88. The van der Waals surface area contributed by atoms with Crippen LogP contribution in [-0.4, -0.2) is 21.0 Å². The van der Waals surface area contributed by atoms with Crippen LogP contribution >= 0.6 is 0 Å². The van der Waals surface area contributed by atoms with Gasteiger partial charge in [-0.15, -0.1) is 5.10 Å². The molecule has 1 aliphatic rings. The highest BCUT2D eigenvalue weighted by atomic mass is 15.4. The predicted molar refractivity (Wildman–Crippen MR) is 73.0 cm³/mol. The van der Waals surface area contributed by atoms with Gasteiger partial charge in [0.15, 0.2) is 0 Å². The molecule has 0 aliphatic heterocycles. The Bertz CT molecular complexity index is 377. The zero-order valence-electron chi connectivity index (χ0n) is 11.9. The van der Waals surface area contributed by atoms with Crippen LogP contribution in [0, 0.1) is 11.3 Å². The van der Waals surface area contributed by atoms with E-state index in [0.29, 0.717) is 5.41 Å². The van der Waals surface area contributed by atoms with Gasteiger partial charge in [-0.3, -0.25) is 4.68 Å². The quantitative estimate of drug-likeness (QED) is 0.872. The monoisotopic (exact) mass is 250 g/mol. The molecule has 1 fully saturated rings. The second kappa shape index (κ2) is 5.39. The summed E-state index contributed by atoms with van der Waals surface area (Å²) in [6.45, 7) is 4.60. The first-order valence-corrected chi connectivity index (χ1v) is 7.13. The Morgan fingerprint density at radius 1 is 1.39 bits per heavy atom. The van der Waals surface area contributed by atoms with Crippen molar-refractivity contribution < 1.29 is 0 Å². The second-order valence-corrected chi connectivity index (χ2v) is 6.36. The lowest BCUT2D eigenvalue weighted by atomic mass is 9.71. The van der Waals surface area contributed by atoms with Crippen molar-refractivity contribution in [2.45, 2.75) is 58.4 Å². The summed E-state index contributed by atoms with van der Waals surface area (Å²) in [7, 11) is 1.90. The summed E-state index contributed by atoms with van der Waals surface area (Å²) in [4.78, 5) is 0. The van der Waals surface area contributed by atoms with Gasteiger partial charge in [-0.05, 0) is 30.6 Å². The minimum absolute atomic E-state index is 0.221. The highest BCUT2D eigenvalue weighted by Crippen LogP contribution is 2.45. The molecule has 0 radical (unpaired) electrons. The van der Waals surface area contributed by atoms with Crippen LogP contribution < -0.4 is 5.73 Å². The topological polar surface area (TPSA) is 56.7 Å². The molecule has 1 aliphatic carbocycles. The van der Waals surface area contributed by atoms with Gasteiger partial charge in [0.05, 0.1) is 5.69 Å². The van der Waals surface area contributed by atoms with Crippen molar-refractivity contribution in [1.29, 1.82) is 0 Å².